The maximum absolute atomic E-state index is 12.4. The fourth-order valence-corrected chi connectivity index (χ4v) is 9.64. The van der Waals surface area contributed by atoms with E-state index in [1.165, 1.54) is 22.1 Å². The average molecular weight is 1210 g/mol. The molecule has 0 heterocycles. The molecule has 3 N–H and O–H groups in total. The molecule has 482 valence electrons. The molecule has 0 aromatic heterocycles. The van der Waals surface area contributed by atoms with Crippen LogP contribution in [0.5, 0.6) is 17.2 Å². The van der Waals surface area contributed by atoms with Crippen LogP contribution in [0.1, 0.15) is 253 Å². The molecular formula is C79H112O9. The molecule has 88 heavy (non-hydrogen) atoms. The lowest BCUT2D eigenvalue weighted by molar-refractivity contribution is -0.172. The monoisotopic (exact) mass is 1200 g/mol. The molecule has 2 aliphatic carbocycles. The molecule has 0 radical (unpaired) electrons. The van der Waals surface area contributed by atoms with Gasteiger partial charge in [-0.15, -0.1) is 0 Å². The predicted octanol–water partition coefficient (Wildman–Crippen LogP) is 21.7. The summed E-state index contributed by atoms with van der Waals surface area (Å²) in [5, 5.41) is 29.4. The summed E-state index contributed by atoms with van der Waals surface area (Å²) in [5.41, 5.74) is 3.44. The fraction of sp³-hybridized carbons (Fsp3) is 0.506. The van der Waals surface area contributed by atoms with Gasteiger partial charge in [-0.3, -0.25) is 14.4 Å². The molecule has 0 amide bonds. The Morgan fingerprint density at radius 2 is 0.818 bits per heavy atom. The number of phenolic OH excluding ortho intramolecular Hbond substituents is 3. The maximum atomic E-state index is 12.4. The van der Waals surface area contributed by atoms with Crippen LogP contribution in [-0.4, -0.2) is 38.8 Å². The largest absolute Gasteiger partial charge is 0.508 e. The molecule has 9 heteroatoms. The first-order valence-electron chi connectivity index (χ1n) is 32.7. The van der Waals surface area contributed by atoms with Gasteiger partial charge in [0.2, 0.25) is 0 Å². The molecular weight excluding hydrogens is 1090 g/mol. The van der Waals surface area contributed by atoms with Gasteiger partial charge in [0.25, 0.3) is 0 Å². The van der Waals surface area contributed by atoms with E-state index in [9.17, 15) is 14.4 Å². The number of hydrogen-bond acceptors (Lipinski definition) is 9. The highest BCUT2D eigenvalue weighted by molar-refractivity contribution is 5.83. The van der Waals surface area contributed by atoms with Gasteiger partial charge in [-0.1, -0.05) is 172 Å². The number of carbonyl (C=O) groups is 3. The van der Waals surface area contributed by atoms with Crippen LogP contribution in [-0.2, 0) is 39.8 Å². The zero-order chi connectivity index (χ0) is 65.9. The van der Waals surface area contributed by atoms with Gasteiger partial charge in [0.15, 0.2) is 0 Å². The van der Waals surface area contributed by atoms with Crippen molar-refractivity contribution in [2.45, 2.75) is 242 Å². The third-order valence-corrected chi connectivity index (χ3v) is 18.4. The minimum absolute atomic E-state index is 0.0687. The average Bonchev–Trinajstić information content (AvgIpc) is 2.50. The maximum Gasteiger partial charge on any atom is 0.312 e. The van der Waals surface area contributed by atoms with E-state index in [0.29, 0.717) is 35.0 Å². The molecule has 3 unspecified atom stereocenters. The lowest BCUT2D eigenvalue weighted by Gasteiger charge is -2.33. The van der Waals surface area contributed by atoms with Gasteiger partial charge in [-0.05, 0) is 250 Å². The zero-order valence-corrected chi connectivity index (χ0v) is 57.1. The number of hydrogen-bond donors (Lipinski definition) is 3. The zero-order valence-electron chi connectivity index (χ0n) is 57.1. The van der Waals surface area contributed by atoms with E-state index < -0.39 is 16.4 Å². The molecule has 0 aliphatic heterocycles. The standard InChI is InChI=1S/C19H24O2.C17H24O2.C13H22O2.3C10H14O/c1-6-18(2,3)17(20)21-19(4,5)16-12-11-14-9-7-8-10-15(14)13-16;1-4-16(2,3)15(18)19-17(12-8-9-13-17)14-10-6-5-7-11-14;1-5-12(3,4)11(14)15-13(6-2)9-7-8-10-13;3*1-3-8(2)9-4-6-10(11)7-5-9/h7-13H,6H2,1-5H3;5-7,10-11H,4,8-9,12-13H2,1-3H3;6H,2,5,7-10H2,1,3-4H3;3*4-8,11H,3H2,1-2H3. The Hall–Kier alpha value is -6.87. The number of esters is 3. The normalized spacial score (nSPS) is 15.1. The predicted molar refractivity (Wildman–Crippen MR) is 366 cm³/mol. The van der Waals surface area contributed by atoms with Crippen molar-refractivity contribution in [2.24, 2.45) is 16.2 Å². The topological polar surface area (TPSA) is 140 Å². The van der Waals surface area contributed by atoms with E-state index in [2.05, 4.69) is 84.5 Å². The second-order valence-electron chi connectivity index (χ2n) is 26.7. The third-order valence-electron chi connectivity index (χ3n) is 18.4. The summed E-state index contributed by atoms with van der Waals surface area (Å²) in [7, 11) is 0. The number of fused-ring (bicyclic) bond motifs is 1. The van der Waals surface area contributed by atoms with Crippen molar-refractivity contribution < 1.29 is 43.9 Å². The Morgan fingerprint density at radius 1 is 0.466 bits per heavy atom. The minimum Gasteiger partial charge on any atom is -0.508 e. The third kappa shape index (κ3) is 23.3. The number of carbonyl (C=O) groups excluding carboxylic acids is 3. The Bertz CT molecular complexity index is 2870. The number of ether oxygens (including phenoxy) is 3. The second kappa shape index (κ2) is 35.4. The van der Waals surface area contributed by atoms with E-state index >= 15 is 0 Å². The van der Waals surface area contributed by atoms with Crippen LogP contribution in [0.3, 0.4) is 0 Å². The lowest BCUT2D eigenvalue weighted by atomic mass is 9.88. The highest BCUT2D eigenvalue weighted by atomic mass is 16.6. The van der Waals surface area contributed by atoms with Crippen molar-refractivity contribution in [3.05, 3.63) is 186 Å². The molecule has 9 nitrogen and oxygen atoms in total. The number of aromatic hydroxyl groups is 3. The molecule has 0 spiro atoms. The molecule has 2 fully saturated rings. The minimum atomic E-state index is -0.631. The smallest absolute Gasteiger partial charge is 0.312 e. The Balaban J connectivity index is 0.000000282. The van der Waals surface area contributed by atoms with Crippen LogP contribution in [0.25, 0.3) is 10.8 Å². The first-order valence-corrected chi connectivity index (χ1v) is 32.7. The van der Waals surface area contributed by atoms with E-state index in [1.54, 1.807) is 36.4 Å². The van der Waals surface area contributed by atoms with E-state index in [4.69, 9.17) is 29.5 Å². The van der Waals surface area contributed by atoms with Gasteiger partial charge >= 0.3 is 17.9 Å². The summed E-state index contributed by atoms with van der Waals surface area (Å²) < 4.78 is 17.4. The van der Waals surface area contributed by atoms with Crippen molar-refractivity contribution in [2.75, 3.05) is 0 Å². The molecule has 8 rings (SSSR count). The molecule has 2 aliphatic rings. The van der Waals surface area contributed by atoms with Crippen molar-refractivity contribution in [3.63, 3.8) is 0 Å². The van der Waals surface area contributed by atoms with Crippen molar-refractivity contribution >= 4 is 28.7 Å². The number of rotatable bonds is 18. The summed E-state index contributed by atoms with van der Waals surface area (Å²) >= 11 is 0. The van der Waals surface area contributed by atoms with Gasteiger partial charge in [-0.2, -0.15) is 0 Å². The van der Waals surface area contributed by atoms with Gasteiger partial charge in [-0.25, -0.2) is 0 Å². The van der Waals surface area contributed by atoms with Gasteiger partial charge in [0, 0.05) is 0 Å². The quantitative estimate of drug-likeness (QED) is 0.0436. The Labute approximate surface area is 531 Å². The Morgan fingerprint density at radius 3 is 1.19 bits per heavy atom. The first-order chi connectivity index (χ1) is 41.4. The van der Waals surface area contributed by atoms with Crippen LogP contribution in [0.4, 0.5) is 0 Å². The SMILES string of the molecule is C=CC1(OC(=O)C(C)(C)CC)CCCC1.CCC(C)(C)C(=O)OC(C)(C)c1ccc2ccccc2c1.CCC(C)(C)C(=O)OC1(c2ccccc2)CCCC1.CCC(C)c1ccc(O)cc1.CCC(C)c1ccc(O)cc1.CCC(C)c1ccc(O)cc1. The van der Waals surface area contributed by atoms with E-state index in [1.807, 2.05) is 155 Å². The highest BCUT2D eigenvalue weighted by Crippen LogP contribution is 2.44. The van der Waals surface area contributed by atoms with Crippen LogP contribution < -0.4 is 0 Å². The van der Waals surface area contributed by atoms with Crippen LogP contribution in [0.2, 0.25) is 0 Å². The van der Waals surface area contributed by atoms with E-state index in [0.717, 1.165) is 106 Å². The Kier molecular flexibility index (Phi) is 30.3. The molecule has 0 saturated heterocycles. The molecule has 6 aromatic carbocycles. The number of benzene rings is 6. The molecule has 3 atom stereocenters. The van der Waals surface area contributed by atoms with E-state index in [-0.39, 0.29) is 34.5 Å². The summed E-state index contributed by atoms with van der Waals surface area (Å²) in [6, 6.07) is 46.9. The lowest BCUT2D eigenvalue weighted by Crippen LogP contribution is -2.36. The molecule has 2 saturated carbocycles. The number of phenols is 3. The van der Waals surface area contributed by atoms with Gasteiger partial charge in [0.1, 0.15) is 34.1 Å². The second-order valence-corrected chi connectivity index (χ2v) is 26.7. The highest BCUT2D eigenvalue weighted by Gasteiger charge is 2.43. The van der Waals surface area contributed by atoms with Crippen LogP contribution >= 0.6 is 0 Å². The molecule has 6 aromatic rings. The van der Waals surface area contributed by atoms with Crippen molar-refractivity contribution in [1.29, 1.82) is 0 Å². The first kappa shape index (κ1) is 75.4. The van der Waals surface area contributed by atoms with Crippen LogP contribution in [0.15, 0.2) is 158 Å². The van der Waals surface area contributed by atoms with Crippen molar-refractivity contribution in [3.8, 4) is 17.2 Å². The van der Waals surface area contributed by atoms with Crippen LogP contribution in [0, 0.1) is 16.2 Å². The summed E-state index contributed by atoms with van der Waals surface area (Å²) in [5.74, 6) is 2.50. The van der Waals surface area contributed by atoms with Crippen molar-refractivity contribution in [1.82, 2.24) is 0 Å². The summed E-state index contributed by atoms with van der Waals surface area (Å²) in [6.45, 7) is 38.4. The summed E-state index contributed by atoms with van der Waals surface area (Å²) in [4.78, 5) is 36.7. The van der Waals surface area contributed by atoms with Gasteiger partial charge in [0.05, 0.1) is 16.2 Å². The molecule has 0 bridgehead atoms. The summed E-state index contributed by atoms with van der Waals surface area (Å²) in [6.07, 6.45) is 15.9. The fourth-order valence-electron chi connectivity index (χ4n) is 9.64. The van der Waals surface area contributed by atoms with Gasteiger partial charge < -0.3 is 29.5 Å².